The number of nitrogens with one attached hydrogen (secondary N) is 1. The van der Waals surface area contributed by atoms with E-state index in [1.54, 1.807) is 11.3 Å². The van der Waals surface area contributed by atoms with Gasteiger partial charge in [-0.15, -0.1) is 11.3 Å². The molecule has 1 aromatic carbocycles. The number of thiophene rings is 1. The molecule has 2 heterocycles. The number of nitrogens with zero attached hydrogens (tertiary/aromatic N) is 2. The van der Waals surface area contributed by atoms with Crippen LogP contribution in [0.1, 0.15) is 26.6 Å². The van der Waals surface area contributed by atoms with E-state index in [0.29, 0.717) is 12.1 Å². The number of hydrogen-bond acceptors (Lipinski definition) is 3. The summed E-state index contributed by atoms with van der Waals surface area (Å²) in [7, 11) is 0. The van der Waals surface area contributed by atoms with Crippen molar-refractivity contribution in [2.75, 3.05) is 6.54 Å². The molecular formula is C18H19N3OS. The van der Waals surface area contributed by atoms with Gasteiger partial charge in [-0.05, 0) is 43.8 Å². The van der Waals surface area contributed by atoms with Gasteiger partial charge in [0, 0.05) is 11.4 Å². The molecule has 5 heteroatoms. The first-order valence-corrected chi connectivity index (χ1v) is 8.47. The van der Waals surface area contributed by atoms with Gasteiger partial charge in [-0.1, -0.05) is 24.3 Å². The number of amides is 1. The molecule has 23 heavy (non-hydrogen) atoms. The molecule has 0 saturated carbocycles. The molecule has 0 aliphatic heterocycles. The Bertz CT molecular complexity index is 791. The van der Waals surface area contributed by atoms with E-state index < -0.39 is 0 Å². The summed E-state index contributed by atoms with van der Waals surface area (Å²) in [6, 6.07) is 14.0. The van der Waals surface area contributed by atoms with Crippen molar-refractivity contribution < 1.29 is 4.79 Å². The zero-order valence-electron chi connectivity index (χ0n) is 13.2. The monoisotopic (exact) mass is 325 g/mol. The van der Waals surface area contributed by atoms with Gasteiger partial charge in [0.25, 0.3) is 5.91 Å². The Kier molecular flexibility index (Phi) is 4.57. The van der Waals surface area contributed by atoms with Gasteiger partial charge in [-0.3, -0.25) is 4.79 Å². The molecule has 1 amide bonds. The van der Waals surface area contributed by atoms with E-state index >= 15 is 0 Å². The highest BCUT2D eigenvalue weighted by atomic mass is 32.1. The fraction of sp³-hybridized carbons (Fsp3) is 0.222. The normalized spacial score (nSPS) is 10.7. The molecular weight excluding hydrogens is 306 g/mol. The van der Waals surface area contributed by atoms with Gasteiger partial charge in [0.2, 0.25) is 0 Å². The van der Waals surface area contributed by atoms with Crippen LogP contribution in [-0.4, -0.2) is 22.2 Å². The van der Waals surface area contributed by atoms with Crippen LogP contribution in [0.4, 0.5) is 0 Å². The first kappa shape index (κ1) is 15.5. The summed E-state index contributed by atoms with van der Waals surface area (Å²) in [5, 5.41) is 9.57. The number of hydrogen-bond donors (Lipinski definition) is 1. The van der Waals surface area contributed by atoms with E-state index in [1.807, 2.05) is 54.9 Å². The van der Waals surface area contributed by atoms with Gasteiger partial charge in [0.05, 0.1) is 22.6 Å². The summed E-state index contributed by atoms with van der Waals surface area (Å²) in [5.41, 5.74) is 3.24. The van der Waals surface area contributed by atoms with Gasteiger partial charge < -0.3 is 5.32 Å². The molecule has 0 fully saturated rings. The van der Waals surface area contributed by atoms with E-state index in [2.05, 4.69) is 21.9 Å². The van der Waals surface area contributed by atoms with Gasteiger partial charge in [-0.25, -0.2) is 4.68 Å². The molecule has 0 bridgehead atoms. The Morgan fingerprint density at radius 3 is 2.65 bits per heavy atom. The highest BCUT2D eigenvalue weighted by Crippen LogP contribution is 2.17. The van der Waals surface area contributed by atoms with Gasteiger partial charge in [0.1, 0.15) is 0 Å². The summed E-state index contributed by atoms with van der Waals surface area (Å²) in [6.07, 6.45) is 0.855. The summed E-state index contributed by atoms with van der Waals surface area (Å²) in [5.74, 6) is -0.0567. The minimum Gasteiger partial charge on any atom is -0.352 e. The molecule has 0 aliphatic carbocycles. The number of benzene rings is 1. The maximum absolute atomic E-state index is 12.5. The first-order valence-electron chi connectivity index (χ1n) is 7.59. The molecule has 3 rings (SSSR count). The summed E-state index contributed by atoms with van der Waals surface area (Å²) >= 11 is 1.71. The van der Waals surface area contributed by atoms with E-state index in [0.717, 1.165) is 23.5 Å². The van der Waals surface area contributed by atoms with Crippen molar-refractivity contribution in [1.82, 2.24) is 15.1 Å². The van der Waals surface area contributed by atoms with Crippen molar-refractivity contribution in [3.8, 4) is 5.69 Å². The van der Waals surface area contributed by atoms with Crippen LogP contribution in [0.25, 0.3) is 5.69 Å². The van der Waals surface area contributed by atoms with Crippen LogP contribution in [0, 0.1) is 13.8 Å². The molecule has 0 unspecified atom stereocenters. The number of para-hydroxylation sites is 1. The van der Waals surface area contributed by atoms with Crippen LogP contribution < -0.4 is 5.32 Å². The second-order valence-electron chi connectivity index (χ2n) is 5.38. The SMILES string of the molecule is Cc1nn(-c2ccccc2)c(C)c1C(=O)NCCc1cccs1. The Balaban J connectivity index is 1.74. The Hall–Kier alpha value is -2.40. The van der Waals surface area contributed by atoms with Crippen molar-refractivity contribution in [1.29, 1.82) is 0 Å². The predicted molar refractivity (Wildman–Crippen MR) is 93.4 cm³/mol. The van der Waals surface area contributed by atoms with Crippen LogP contribution in [0.15, 0.2) is 47.8 Å². The standard InChI is InChI=1S/C18H19N3OS/c1-13-17(18(22)19-11-10-16-9-6-12-23-16)14(2)21(20-13)15-7-4-3-5-8-15/h3-9,12H,10-11H2,1-2H3,(H,19,22). The lowest BCUT2D eigenvalue weighted by molar-refractivity contribution is 0.0953. The predicted octanol–water partition coefficient (Wildman–Crippen LogP) is 3.52. The number of rotatable bonds is 5. The molecule has 1 N–H and O–H groups in total. The van der Waals surface area contributed by atoms with Crippen molar-refractivity contribution in [3.63, 3.8) is 0 Å². The van der Waals surface area contributed by atoms with Crippen molar-refractivity contribution in [2.45, 2.75) is 20.3 Å². The molecule has 4 nitrogen and oxygen atoms in total. The van der Waals surface area contributed by atoms with Crippen molar-refractivity contribution >= 4 is 17.2 Å². The smallest absolute Gasteiger partial charge is 0.255 e. The van der Waals surface area contributed by atoms with Crippen molar-refractivity contribution in [3.05, 3.63) is 69.7 Å². The minimum atomic E-state index is -0.0567. The van der Waals surface area contributed by atoms with E-state index in [-0.39, 0.29) is 5.91 Å². The maximum Gasteiger partial charge on any atom is 0.255 e. The fourth-order valence-corrected chi connectivity index (χ4v) is 3.34. The number of aryl methyl sites for hydroxylation is 1. The van der Waals surface area contributed by atoms with Gasteiger partial charge >= 0.3 is 0 Å². The van der Waals surface area contributed by atoms with Crippen LogP contribution in [0.2, 0.25) is 0 Å². The average molecular weight is 325 g/mol. The highest BCUT2D eigenvalue weighted by molar-refractivity contribution is 7.09. The van der Waals surface area contributed by atoms with Gasteiger partial charge in [-0.2, -0.15) is 5.10 Å². The van der Waals surface area contributed by atoms with Crippen molar-refractivity contribution in [2.24, 2.45) is 0 Å². The van der Waals surface area contributed by atoms with Crippen LogP contribution in [-0.2, 0) is 6.42 Å². The Labute approximate surface area is 139 Å². The van der Waals surface area contributed by atoms with E-state index in [1.165, 1.54) is 4.88 Å². The molecule has 118 valence electrons. The summed E-state index contributed by atoms with van der Waals surface area (Å²) in [6.45, 7) is 4.44. The maximum atomic E-state index is 12.5. The first-order chi connectivity index (χ1) is 11.2. The summed E-state index contributed by atoms with van der Waals surface area (Å²) < 4.78 is 1.82. The molecule has 0 aliphatic rings. The number of carbonyl (C=O) groups excluding carboxylic acids is 1. The topological polar surface area (TPSA) is 46.9 Å². The molecule has 0 spiro atoms. The van der Waals surface area contributed by atoms with Crippen LogP contribution >= 0.6 is 11.3 Å². The third-order valence-corrected chi connectivity index (χ3v) is 4.69. The van der Waals surface area contributed by atoms with E-state index in [9.17, 15) is 4.79 Å². The number of carbonyl (C=O) groups is 1. The number of aromatic nitrogens is 2. The third kappa shape index (κ3) is 3.35. The zero-order chi connectivity index (χ0) is 16.2. The highest BCUT2D eigenvalue weighted by Gasteiger charge is 2.18. The minimum absolute atomic E-state index is 0.0567. The van der Waals surface area contributed by atoms with E-state index in [4.69, 9.17) is 0 Å². The van der Waals surface area contributed by atoms with Gasteiger partial charge in [0.15, 0.2) is 0 Å². The molecule has 0 atom stereocenters. The van der Waals surface area contributed by atoms with Crippen LogP contribution in [0.3, 0.4) is 0 Å². The second kappa shape index (κ2) is 6.79. The molecule has 0 radical (unpaired) electrons. The Morgan fingerprint density at radius 1 is 1.17 bits per heavy atom. The second-order valence-corrected chi connectivity index (χ2v) is 6.41. The fourth-order valence-electron chi connectivity index (χ4n) is 2.63. The molecule has 0 saturated heterocycles. The zero-order valence-corrected chi connectivity index (χ0v) is 14.1. The average Bonchev–Trinajstić information content (AvgIpc) is 3.16. The lowest BCUT2D eigenvalue weighted by atomic mass is 10.2. The third-order valence-electron chi connectivity index (χ3n) is 3.76. The lowest BCUT2D eigenvalue weighted by Gasteiger charge is -2.06. The lowest BCUT2D eigenvalue weighted by Crippen LogP contribution is -2.26. The Morgan fingerprint density at radius 2 is 1.96 bits per heavy atom. The molecule has 2 aromatic heterocycles. The molecule has 3 aromatic rings. The largest absolute Gasteiger partial charge is 0.352 e. The quantitative estimate of drug-likeness (QED) is 0.780. The van der Waals surface area contributed by atoms with Crippen LogP contribution in [0.5, 0.6) is 0 Å². The summed E-state index contributed by atoms with van der Waals surface area (Å²) in [4.78, 5) is 13.8.